The molecule has 0 saturated heterocycles. The van der Waals surface area contributed by atoms with Crippen molar-refractivity contribution < 1.29 is 9.47 Å². The van der Waals surface area contributed by atoms with Gasteiger partial charge in [-0.2, -0.15) is 10.2 Å². The van der Waals surface area contributed by atoms with Crippen molar-refractivity contribution in [2.75, 3.05) is 17.4 Å². The van der Waals surface area contributed by atoms with Gasteiger partial charge < -0.3 is 20.1 Å². The zero-order valence-electron chi connectivity index (χ0n) is 14.1. The summed E-state index contributed by atoms with van der Waals surface area (Å²) in [6.45, 7) is 0.155. The average Bonchev–Trinajstić information content (AvgIpc) is 3.15. The van der Waals surface area contributed by atoms with Crippen LogP contribution >= 0.6 is 11.6 Å². The van der Waals surface area contributed by atoms with Crippen LogP contribution in [0.4, 0.5) is 23.1 Å². The van der Waals surface area contributed by atoms with E-state index < -0.39 is 0 Å². The second-order valence-corrected chi connectivity index (χ2v) is 6.11. The maximum Gasteiger partial charge on any atom is 0.231 e. The number of halogens is 1. The van der Waals surface area contributed by atoms with Gasteiger partial charge in [-0.05, 0) is 35.9 Å². The summed E-state index contributed by atoms with van der Waals surface area (Å²) in [4.78, 5) is 8.67. The van der Waals surface area contributed by atoms with Crippen LogP contribution in [-0.4, -0.2) is 16.8 Å². The first kappa shape index (κ1) is 16.9. The third-order valence-corrected chi connectivity index (χ3v) is 4.21. The van der Waals surface area contributed by atoms with E-state index in [0.717, 1.165) is 11.3 Å². The molecule has 2 N–H and O–H groups in total. The zero-order valence-corrected chi connectivity index (χ0v) is 14.8. The molecule has 3 aromatic rings. The predicted molar refractivity (Wildman–Crippen MR) is 102 cm³/mol. The number of anilines is 4. The van der Waals surface area contributed by atoms with Crippen molar-refractivity contribution in [3.8, 4) is 17.6 Å². The number of rotatable bonds is 5. The first-order valence-electron chi connectivity index (χ1n) is 8.14. The van der Waals surface area contributed by atoms with Crippen LogP contribution in [-0.2, 0) is 6.42 Å². The SMILES string of the molecule is N#CCc1ccc(Nc2nccc(Nc3c(Cl)ccc4c3OCO4)n2)cc1. The quantitative estimate of drug-likeness (QED) is 0.678. The molecule has 8 heteroatoms. The summed E-state index contributed by atoms with van der Waals surface area (Å²) in [5.74, 6) is 2.17. The molecule has 7 nitrogen and oxygen atoms in total. The molecule has 4 rings (SSSR count). The van der Waals surface area contributed by atoms with E-state index in [1.165, 1.54) is 0 Å². The normalized spacial score (nSPS) is 11.7. The number of nitrogens with one attached hydrogen (secondary N) is 2. The maximum absolute atomic E-state index is 8.74. The fraction of sp³-hybridized carbons (Fsp3) is 0.105. The van der Waals surface area contributed by atoms with Crippen molar-refractivity contribution in [3.05, 3.63) is 59.2 Å². The van der Waals surface area contributed by atoms with E-state index in [1.54, 1.807) is 24.4 Å². The van der Waals surface area contributed by atoms with E-state index in [1.807, 2.05) is 24.3 Å². The van der Waals surface area contributed by atoms with E-state index in [0.29, 0.717) is 40.4 Å². The van der Waals surface area contributed by atoms with Gasteiger partial charge in [0.05, 0.1) is 17.5 Å². The van der Waals surface area contributed by atoms with Crippen molar-refractivity contribution >= 4 is 34.7 Å². The first-order chi connectivity index (χ1) is 13.2. The summed E-state index contributed by atoms with van der Waals surface area (Å²) in [6, 6.07) is 14.9. The van der Waals surface area contributed by atoms with Gasteiger partial charge in [-0.1, -0.05) is 23.7 Å². The molecular formula is C19H14ClN5O2. The highest BCUT2D eigenvalue weighted by atomic mass is 35.5. The number of ether oxygens (including phenoxy) is 2. The molecule has 1 aromatic heterocycles. The molecule has 0 unspecified atom stereocenters. The molecule has 27 heavy (non-hydrogen) atoms. The Morgan fingerprint density at radius 3 is 2.74 bits per heavy atom. The molecule has 0 radical (unpaired) electrons. The molecule has 1 aliphatic heterocycles. The van der Waals surface area contributed by atoms with Crippen LogP contribution in [0.3, 0.4) is 0 Å². The Bertz CT molecular complexity index is 1020. The number of hydrogen-bond acceptors (Lipinski definition) is 7. The highest BCUT2D eigenvalue weighted by Gasteiger charge is 2.20. The lowest BCUT2D eigenvalue weighted by molar-refractivity contribution is 0.174. The number of benzene rings is 2. The molecule has 0 spiro atoms. The van der Waals surface area contributed by atoms with E-state index in [-0.39, 0.29) is 6.79 Å². The molecule has 0 fully saturated rings. The van der Waals surface area contributed by atoms with Gasteiger partial charge >= 0.3 is 0 Å². The second-order valence-electron chi connectivity index (χ2n) is 5.70. The fourth-order valence-corrected chi connectivity index (χ4v) is 2.80. The lowest BCUT2D eigenvalue weighted by Crippen LogP contribution is -2.01. The predicted octanol–water partition coefficient (Wildman–Crippen LogP) is 4.41. The van der Waals surface area contributed by atoms with Crippen LogP contribution in [0.15, 0.2) is 48.7 Å². The van der Waals surface area contributed by atoms with Gasteiger partial charge in [0.2, 0.25) is 12.7 Å². The van der Waals surface area contributed by atoms with Crippen LogP contribution in [0, 0.1) is 11.3 Å². The number of nitriles is 1. The van der Waals surface area contributed by atoms with Crippen LogP contribution in [0.2, 0.25) is 5.02 Å². The molecule has 0 amide bonds. The van der Waals surface area contributed by atoms with Crippen molar-refractivity contribution in [2.24, 2.45) is 0 Å². The summed E-state index contributed by atoms with van der Waals surface area (Å²) in [7, 11) is 0. The molecule has 1 aliphatic rings. The molecule has 2 heterocycles. The summed E-state index contributed by atoms with van der Waals surface area (Å²) in [6.07, 6.45) is 2.01. The van der Waals surface area contributed by atoms with Crippen molar-refractivity contribution in [3.63, 3.8) is 0 Å². The van der Waals surface area contributed by atoms with Crippen molar-refractivity contribution in [1.29, 1.82) is 5.26 Å². The summed E-state index contributed by atoms with van der Waals surface area (Å²) >= 11 is 6.29. The third kappa shape index (κ3) is 3.71. The Morgan fingerprint density at radius 1 is 1.07 bits per heavy atom. The molecular weight excluding hydrogens is 366 g/mol. The lowest BCUT2D eigenvalue weighted by Gasteiger charge is -2.11. The highest BCUT2D eigenvalue weighted by Crippen LogP contribution is 2.44. The summed E-state index contributed by atoms with van der Waals surface area (Å²) < 4.78 is 10.9. The van der Waals surface area contributed by atoms with Gasteiger partial charge in [0, 0.05) is 11.9 Å². The molecule has 2 aromatic carbocycles. The summed E-state index contributed by atoms with van der Waals surface area (Å²) in [5, 5.41) is 15.5. The van der Waals surface area contributed by atoms with Gasteiger partial charge in [0.15, 0.2) is 11.5 Å². The second kappa shape index (κ2) is 7.40. The van der Waals surface area contributed by atoms with E-state index in [4.69, 9.17) is 26.3 Å². The number of nitrogens with zero attached hydrogens (tertiary/aromatic N) is 3. The van der Waals surface area contributed by atoms with Gasteiger partial charge in [0.25, 0.3) is 0 Å². The van der Waals surface area contributed by atoms with Crippen LogP contribution in [0.5, 0.6) is 11.5 Å². The largest absolute Gasteiger partial charge is 0.454 e. The van der Waals surface area contributed by atoms with Crippen molar-refractivity contribution in [2.45, 2.75) is 6.42 Å². The molecule has 0 aliphatic carbocycles. The van der Waals surface area contributed by atoms with Crippen LogP contribution in [0.25, 0.3) is 0 Å². The number of hydrogen-bond donors (Lipinski definition) is 2. The highest BCUT2D eigenvalue weighted by molar-refractivity contribution is 6.33. The van der Waals surface area contributed by atoms with Gasteiger partial charge in [-0.15, -0.1) is 0 Å². The van der Waals surface area contributed by atoms with Crippen LogP contribution < -0.4 is 20.1 Å². The Hall–Kier alpha value is -3.50. The Balaban J connectivity index is 1.53. The number of aromatic nitrogens is 2. The van der Waals surface area contributed by atoms with E-state index in [2.05, 4.69) is 26.7 Å². The minimum atomic E-state index is 0.155. The molecule has 0 bridgehead atoms. The summed E-state index contributed by atoms with van der Waals surface area (Å²) in [5.41, 5.74) is 2.37. The molecule has 0 saturated carbocycles. The number of fused-ring (bicyclic) bond motifs is 1. The maximum atomic E-state index is 8.74. The van der Waals surface area contributed by atoms with Gasteiger partial charge in [-0.3, -0.25) is 0 Å². The zero-order chi connectivity index (χ0) is 18.6. The first-order valence-corrected chi connectivity index (χ1v) is 8.52. The molecule has 134 valence electrons. The van der Waals surface area contributed by atoms with Crippen LogP contribution in [0.1, 0.15) is 5.56 Å². The monoisotopic (exact) mass is 379 g/mol. The standard InChI is InChI=1S/C19H14ClN5O2/c20-14-5-6-15-18(27-11-26-15)17(14)24-16-8-10-22-19(25-16)23-13-3-1-12(2-4-13)7-9-21/h1-6,8,10H,7,11H2,(H2,22,23,24,25). The van der Waals surface area contributed by atoms with E-state index in [9.17, 15) is 0 Å². The fourth-order valence-electron chi connectivity index (χ4n) is 2.61. The molecule has 0 atom stereocenters. The Morgan fingerprint density at radius 2 is 1.93 bits per heavy atom. The topological polar surface area (TPSA) is 92.1 Å². The van der Waals surface area contributed by atoms with E-state index >= 15 is 0 Å². The Kier molecular flexibility index (Phi) is 4.64. The third-order valence-electron chi connectivity index (χ3n) is 3.89. The van der Waals surface area contributed by atoms with Crippen molar-refractivity contribution in [1.82, 2.24) is 9.97 Å². The van der Waals surface area contributed by atoms with Gasteiger partial charge in [-0.25, -0.2) is 4.98 Å². The lowest BCUT2D eigenvalue weighted by atomic mass is 10.1. The smallest absolute Gasteiger partial charge is 0.231 e. The average molecular weight is 380 g/mol. The van der Waals surface area contributed by atoms with Gasteiger partial charge in [0.1, 0.15) is 11.5 Å². The minimum Gasteiger partial charge on any atom is -0.454 e. The minimum absolute atomic E-state index is 0.155. The Labute approximate surface area is 160 Å².